The average molecular weight is 451 g/mol. The molecular formula is C26H30N2O5. The summed E-state index contributed by atoms with van der Waals surface area (Å²) in [5, 5.41) is 11.3. The number of carbonyl (C=O) groups is 2. The number of nitrogens with zero attached hydrogens (tertiary/aromatic N) is 2. The van der Waals surface area contributed by atoms with Crippen LogP contribution in [0, 0.1) is 0 Å². The van der Waals surface area contributed by atoms with Crippen LogP contribution in [0.25, 0.3) is 5.76 Å². The summed E-state index contributed by atoms with van der Waals surface area (Å²) in [4.78, 5) is 29.6. The Labute approximate surface area is 194 Å². The van der Waals surface area contributed by atoms with Gasteiger partial charge < -0.3 is 24.4 Å². The maximum absolute atomic E-state index is 13.1. The van der Waals surface area contributed by atoms with E-state index >= 15 is 0 Å². The minimum absolute atomic E-state index is 0.0976. The van der Waals surface area contributed by atoms with E-state index in [0.29, 0.717) is 37.5 Å². The molecule has 0 saturated carbocycles. The van der Waals surface area contributed by atoms with Crippen molar-refractivity contribution in [3.63, 3.8) is 0 Å². The molecule has 2 heterocycles. The van der Waals surface area contributed by atoms with E-state index in [9.17, 15) is 14.7 Å². The Bertz CT molecular complexity index is 1090. The highest BCUT2D eigenvalue weighted by Gasteiger charge is 2.45. The van der Waals surface area contributed by atoms with Crippen LogP contribution in [0.1, 0.15) is 43.9 Å². The molecule has 0 aliphatic carbocycles. The molecule has 7 nitrogen and oxygen atoms in total. The number of fused-ring (bicyclic) bond motifs is 1. The largest absolute Gasteiger partial charge is 0.507 e. The van der Waals surface area contributed by atoms with Crippen LogP contribution in [0.3, 0.4) is 0 Å². The van der Waals surface area contributed by atoms with Crippen molar-refractivity contribution < 1.29 is 24.2 Å². The quantitative estimate of drug-likeness (QED) is 0.388. The Morgan fingerprint density at radius 1 is 1.15 bits per heavy atom. The number of ether oxygens (including phenoxy) is 2. The number of hydrogen-bond donors (Lipinski definition) is 1. The number of rotatable bonds is 7. The van der Waals surface area contributed by atoms with Crippen molar-refractivity contribution in [1.29, 1.82) is 0 Å². The van der Waals surface area contributed by atoms with E-state index in [0.717, 1.165) is 30.0 Å². The molecule has 33 heavy (non-hydrogen) atoms. The Hall–Kier alpha value is -3.48. The number of benzene rings is 2. The summed E-state index contributed by atoms with van der Waals surface area (Å²) < 4.78 is 11.5. The molecule has 2 aliphatic heterocycles. The summed E-state index contributed by atoms with van der Waals surface area (Å²) in [5.74, 6) is -0.0542. The lowest BCUT2D eigenvalue weighted by molar-refractivity contribution is -0.139. The van der Waals surface area contributed by atoms with Gasteiger partial charge in [-0.25, -0.2) is 0 Å². The molecule has 0 aromatic heterocycles. The van der Waals surface area contributed by atoms with Crippen LogP contribution in [-0.2, 0) is 9.59 Å². The van der Waals surface area contributed by atoms with E-state index < -0.39 is 17.7 Å². The number of Topliss-reactive ketones (excluding diaryl/α,β-unsaturated/α-hetero) is 1. The van der Waals surface area contributed by atoms with E-state index in [1.807, 2.05) is 50.1 Å². The monoisotopic (exact) mass is 450 g/mol. The van der Waals surface area contributed by atoms with Crippen molar-refractivity contribution >= 4 is 23.1 Å². The number of anilines is 1. The van der Waals surface area contributed by atoms with E-state index in [4.69, 9.17) is 9.47 Å². The summed E-state index contributed by atoms with van der Waals surface area (Å²) in [7, 11) is 1.95. The number of likely N-dealkylation sites (tertiary alicyclic amines) is 1. The second-order valence-electron chi connectivity index (χ2n) is 8.37. The molecular weight excluding hydrogens is 420 g/mol. The fraction of sp³-hybridized carbons (Fsp3) is 0.385. The zero-order valence-corrected chi connectivity index (χ0v) is 19.3. The fourth-order valence-electron chi connectivity index (χ4n) is 4.35. The first-order valence-corrected chi connectivity index (χ1v) is 11.5. The number of ketones is 1. The highest BCUT2D eigenvalue weighted by Crippen LogP contribution is 2.41. The van der Waals surface area contributed by atoms with Crippen LogP contribution in [0.15, 0.2) is 48.0 Å². The second kappa shape index (κ2) is 9.57. The fourth-order valence-corrected chi connectivity index (χ4v) is 4.35. The number of likely N-dealkylation sites (N-methyl/N-ethyl adjacent to an activating group) is 1. The second-order valence-corrected chi connectivity index (χ2v) is 8.37. The zero-order chi connectivity index (χ0) is 23.5. The molecule has 1 unspecified atom stereocenters. The van der Waals surface area contributed by atoms with E-state index in [-0.39, 0.29) is 11.3 Å². The summed E-state index contributed by atoms with van der Waals surface area (Å²) >= 11 is 0. The number of aliphatic hydroxyl groups excluding tert-OH is 1. The highest BCUT2D eigenvalue weighted by molar-refractivity contribution is 6.46. The first-order chi connectivity index (χ1) is 16.0. The third-order valence-electron chi connectivity index (χ3n) is 5.98. The van der Waals surface area contributed by atoms with Gasteiger partial charge in [0.05, 0.1) is 30.5 Å². The average Bonchev–Trinajstić information content (AvgIpc) is 3.08. The molecule has 4 rings (SSSR count). The van der Waals surface area contributed by atoms with Gasteiger partial charge in [0.1, 0.15) is 23.9 Å². The molecule has 2 aromatic carbocycles. The van der Waals surface area contributed by atoms with Crippen LogP contribution in [0.5, 0.6) is 11.5 Å². The molecule has 2 aliphatic rings. The molecule has 2 aromatic rings. The molecule has 174 valence electrons. The van der Waals surface area contributed by atoms with Crippen LogP contribution in [0.4, 0.5) is 5.69 Å². The van der Waals surface area contributed by atoms with Crippen molar-refractivity contribution in [2.24, 2.45) is 0 Å². The smallest absolute Gasteiger partial charge is 0.295 e. The minimum atomic E-state index is -0.680. The van der Waals surface area contributed by atoms with Crippen molar-refractivity contribution in [3.8, 4) is 11.5 Å². The summed E-state index contributed by atoms with van der Waals surface area (Å²) in [6, 6.07) is 12.0. The summed E-state index contributed by atoms with van der Waals surface area (Å²) in [6.45, 7) is 6.28. The molecule has 1 atom stereocenters. The van der Waals surface area contributed by atoms with Crippen LogP contribution >= 0.6 is 0 Å². The maximum Gasteiger partial charge on any atom is 0.295 e. The maximum atomic E-state index is 13.1. The third-order valence-corrected chi connectivity index (χ3v) is 5.98. The predicted molar refractivity (Wildman–Crippen MR) is 127 cm³/mol. The van der Waals surface area contributed by atoms with Crippen molar-refractivity contribution in [1.82, 2.24) is 4.90 Å². The summed E-state index contributed by atoms with van der Waals surface area (Å²) in [5.41, 5.74) is 2.14. The molecule has 1 amide bonds. The van der Waals surface area contributed by atoms with Gasteiger partial charge in [-0.1, -0.05) is 26.0 Å². The van der Waals surface area contributed by atoms with Crippen LogP contribution < -0.4 is 14.4 Å². The SMILES string of the molecule is CCCOc1cccc(C2/C(=C(/O)c3ccc4c(c3)N(C)CCO4)C(=O)C(=O)N2CCC)c1. The Morgan fingerprint density at radius 2 is 1.97 bits per heavy atom. The van der Waals surface area contributed by atoms with E-state index in [1.54, 1.807) is 23.1 Å². The number of carbonyl (C=O) groups excluding carboxylic acids is 2. The van der Waals surface area contributed by atoms with Gasteiger partial charge in [0.15, 0.2) is 0 Å². The third kappa shape index (κ3) is 4.27. The van der Waals surface area contributed by atoms with Crippen LogP contribution in [-0.4, -0.2) is 55.0 Å². The topological polar surface area (TPSA) is 79.3 Å². The number of aliphatic hydroxyl groups is 1. The van der Waals surface area contributed by atoms with E-state index in [2.05, 4.69) is 0 Å². The molecule has 1 N–H and O–H groups in total. The van der Waals surface area contributed by atoms with Gasteiger partial charge in [-0.3, -0.25) is 9.59 Å². The van der Waals surface area contributed by atoms with Gasteiger partial charge in [-0.05, 0) is 48.7 Å². The van der Waals surface area contributed by atoms with Gasteiger partial charge in [0.2, 0.25) is 0 Å². The lowest BCUT2D eigenvalue weighted by Gasteiger charge is -2.28. The van der Waals surface area contributed by atoms with Crippen LogP contribution in [0.2, 0.25) is 0 Å². The molecule has 1 saturated heterocycles. The molecule has 7 heteroatoms. The molecule has 1 fully saturated rings. The Morgan fingerprint density at radius 3 is 2.73 bits per heavy atom. The molecule has 0 radical (unpaired) electrons. The first kappa shape index (κ1) is 22.7. The minimum Gasteiger partial charge on any atom is -0.507 e. The predicted octanol–water partition coefficient (Wildman–Crippen LogP) is 4.14. The van der Waals surface area contributed by atoms with Gasteiger partial charge >= 0.3 is 0 Å². The lowest BCUT2D eigenvalue weighted by atomic mass is 9.94. The molecule has 0 spiro atoms. The number of amides is 1. The van der Waals surface area contributed by atoms with Crippen molar-refractivity contribution in [2.45, 2.75) is 32.7 Å². The zero-order valence-electron chi connectivity index (χ0n) is 19.3. The normalized spacial score (nSPS) is 19.4. The Kier molecular flexibility index (Phi) is 6.58. The standard InChI is InChI=1S/C26H30N2O5/c1-4-11-28-23(17-7-6-8-19(15-17)32-13-5-2)22(25(30)26(28)31)24(29)18-9-10-21-20(16-18)27(3)12-14-33-21/h6-10,15-16,23,29H,4-5,11-14H2,1-3H3/b24-22-. The van der Waals surface area contributed by atoms with E-state index in [1.165, 1.54) is 0 Å². The summed E-state index contributed by atoms with van der Waals surface area (Å²) in [6.07, 6.45) is 1.56. The van der Waals surface area contributed by atoms with Gasteiger partial charge in [0.25, 0.3) is 11.7 Å². The first-order valence-electron chi connectivity index (χ1n) is 11.5. The van der Waals surface area contributed by atoms with Crippen molar-refractivity contribution in [3.05, 3.63) is 59.2 Å². The molecule has 0 bridgehead atoms. The van der Waals surface area contributed by atoms with Crippen molar-refractivity contribution in [2.75, 3.05) is 38.3 Å². The van der Waals surface area contributed by atoms with Gasteiger partial charge in [0, 0.05) is 19.2 Å². The van der Waals surface area contributed by atoms with Gasteiger partial charge in [-0.2, -0.15) is 0 Å². The number of hydrogen-bond acceptors (Lipinski definition) is 6. The lowest BCUT2D eigenvalue weighted by Crippen LogP contribution is -2.30. The Balaban J connectivity index is 1.82. The highest BCUT2D eigenvalue weighted by atomic mass is 16.5. The van der Waals surface area contributed by atoms with Gasteiger partial charge in [-0.15, -0.1) is 0 Å².